The summed E-state index contributed by atoms with van der Waals surface area (Å²) in [7, 11) is 1.62. The lowest BCUT2D eigenvalue weighted by Gasteiger charge is -2.09. The van der Waals surface area contributed by atoms with Crippen molar-refractivity contribution in [2.75, 3.05) is 7.11 Å². The summed E-state index contributed by atoms with van der Waals surface area (Å²) >= 11 is 12.3. The van der Waals surface area contributed by atoms with Crippen LogP contribution in [0.25, 0.3) is 27.7 Å². The van der Waals surface area contributed by atoms with E-state index in [4.69, 9.17) is 33.0 Å². The van der Waals surface area contributed by atoms with Gasteiger partial charge in [-0.2, -0.15) is 5.10 Å². The van der Waals surface area contributed by atoms with E-state index in [1.165, 1.54) is 0 Å². The third-order valence-electron chi connectivity index (χ3n) is 5.37. The van der Waals surface area contributed by atoms with Crippen LogP contribution < -0.4 is 5.56 Å². The van der Waals surface area contributed by atoms with E-state index in [1.54, 1.807) is 28.6 Å². The van der Waals surface area contributed by atoms with Crippen molar-refractivity contribution in [2.45, 2.75) is 13.2 Å². The molecule has 0 bridgehead atoms. The first-order chi connectivity index (χ1) is 15.6. The monoisotopic (exact) mass is 464 g/mol. The highest BCUT2D eigenvalue weighted by Crippen LogP contribution is 2.30. The van der Waals surface area contributed by atoms with Crippen LogP contribution in [0.4, 0.5) is 0 Å². The molecule has 5 aromatic rings. The number of hydrogen-bond acceptors (Lipinski definition) is 4. The van der Waals surface area contributed by atoms with Crippen molar-refractivity contribution in [3.8, 4) is 11.1 Å². The lowest BCUT2D eigenvalue weighted by Crippen LogP contribution is -2.21. The average Bonchev–Trinajstić information content (AvgIpc) is 3.16. The molecule has 0 radical (unpaired) electrons. The van der Waals surface area contributed by atoms with Gasteiger partial charge in [0.05, 0.1) is 35.3 Å². The second kappa shape index (κ2) is 8.39. The second-order valence-corrected chi connectivity index (χ2v) is 8.24. The highest BCUT2D eigenvalue weighted by Gasteiger charge is 2.19. The summed E-state index contributed by atoms with van der Waals surface area (Å²) in [5.41, 5.74) is 4.55. The number of fused-ring (bicyclic) bond motifs is 3. The van der Waals surface area contributed by atoms with Crippen molar-refractivity contribution in [1.82, 2.24) is 19.2 Å². The van der Waals surface area contributed by atoms with Gasteiger partial charge in [0.2, 0.25) is 0 Å². The summed E-state index contributed by atoms with van der Waals surface area (Å²) in [6, 6.07) is 16.9. The molecule has 8 heteroatoms. The van der Waals surface area contributed by atoms with Crippen LogP contribution in [-0.2, 0) is 17.9 Å². The maximum atomic E-state index is 13.2. The zero-order valence-corrected chi connectivity index (χ0v) is 18.6. The van der Waals surface area contributed by atoms with Gasteiger partial charge in [-0.15, -0.1) is 0 Å². The zero-order chi connectivity index (χ0) is 22.2. The van der Waals surface area contributed by atoms with Crippen molar-refractivity contribution in [1.29, 1.82) is 0 Å². The molecular weight excluding hydrogens is 447 g/mol. The van der Waals surface area contributed by atoms with Gasteiger partial charge in [0.25, 0.3) is 5.56 Å². The van der Waals surface area contributed by atoms with Gasteiger partial charge in [-0.25, -0.2) is 9.50 Å². The van der Waals surface area contributed by atoms with Crippen LogP contribution in [0.2, 0.25) is 10.0 Å². The maximum absolute atomic E-state index is 13.2. The largest absolute Gasteiger partial charge is 0.378 e. The SMILES string of the molecule is COCc1nn2c(ncc3c(=O)n(Cc4ccccc4Cl)ccc32)c1-c1ccc(Cl)cc1. The molecule has 0 spiro atoms. The third-order valence-corrected chi connectivity index (χ3v) is 5.99. The molecular formula is C24H18Cl2N4O2. The van der Waals surface area contributed by atoms with Gasteiger partial charge >= 0.3 is 0 Å². The number of methoxy groups -OCH3 is 1. The first-order valence-corrected chi connectivity index (χ1v) is 10.7. The van der Waals surface area contributed by atoms with E-state index in [-0.39, 0.29) is 5.56 Å². The van der Waals surface area contributed by atoms with Gasteiger partial charge in [-0.1, -0.05) is 53.5 Å². The van der Waals surface area contributed by atoms with Crippen LogP contribution in [0.15, 0.2) is 71.8 Å². The Bertz CT molecular complexity index is 1510. The zero-order valence-electron chi connectivity index (χ0n) is 17.1. The van der Waals surface area contributed by atoms with Crippen molar-refractivity contribution in [3.63, 3.8) is 0 Å². The molecule has 0 N–H and O–H groups in total. The molecule has 0 aliphatic heterocycles. The normalized spacial score (nSPS) is 11.5. The maximum Gasteiger partial charge on any atom is 0.261 e. The van der Waals surface area contributed by atoms with Crippen LogP contribution >= 0.6 is 23.2 Å². The van der Waals surface area contributed by atoms with Gasteiger partial charge in [0.15, 0.2) is 5.65 Å². The molecule has 2 aromatic carbocycles. The van der Waals surface area contributed by atoms with E-state index in [1.807, 2.05) is 54.6 Å². The lowest BCUT2D eigenvalue weighted by atomic mass is 10.1. The van der Waals surface area contributed by atoms with Crippen molar-refractivity contribution in [2.24, 2.45) is 0 Å². The minimum Gasteiger partial charge on any atom is -0.378 e. The fraction of sp³-hybridized carbons (Fsp3) is 0.125. The molecule has 0 unspecified atom stereocenters. The van der Waals surface area contributed by atoms with Crippen LogP contribution in [0.1, 0.15) is 11.3 Å². The Hall–Kier alpha value is -3.19. The highest BCUT2D eigenvalue weighted by atomic mass is 35.5. The van der Waals surface area contributed by atoms with Crippen LogP contribution in [0.5, 0.6) is 0 Å². The predicted molar refractivity (Wildman–Crippen MR) is 126 cm³/mol. The fourth-order valence-electron chi connectivity index (χ4n) is 3.84. The summed E-state index contributed by atoms with van der Waals surface area (Å²) in [6.45, 7) is 0.683. The number of benzene rings is 2. The van der Waals surface area contributed by atoms with E-state index in [0.717, 1.165) is 22.4 Å². The second-order valence-electron chi connectivity index (χ2n) is 7.39. The quantitative estimate of drug-likeness (QED) is 0.358. The van der Waals surface area contributed by atoms with Crippen molar-refractivity contribution in [3.05, 3.63) is 98.6 Å². The van der Waals surface area contributed by atoms with E-state index >= 15 is 0 Å². The molecule has 0 aliphatic carbocycles. The van der Waals surface area contributed by atoms with E-state index in [0.29, 0.717) is 39.7 Å². The summed E-state index contributed by atoms with van der Waals surface area (Å²) in [5.74, 6) is 0. The first kappa shape index (κ1) is 20.7. The molecule has 0 saturated heterocycles. The summed E-state index contributed by atoms with van der Waals surface area (Å²) in [6.07, 6.45) is 3.36. The average molecular weight is 465 g/mol. The molecule has 160 valence electrons. The number of rotatable bonds is 5. The molecule has 0 amide bonds. The topological polar surface area (TPSA) is 61.4 Å². The van der Waals surface area contributed by atoms with E-state index < -0.39 is 0 Å². The Labute approximate surface area is 193 Å². The van der Waals surface area contributed by atoms with Crippen LogP contribution in [0.3, 0.4) is 0 Å². The molecule has 0 atom stereocenters. The van der Waals surface area contributed by atoms with Gasteiger partial charge < -0.3 is 9.30 Å². The molecule has 0 saturated carbocycles. The fourth-order valence-corrected chi connectivity index (χ4v) is 4.16. The highest BCUT2D eigenvalue weighted by molar-refractivity contribution is 6.31. The minimum atomic E-state index is -0.159. The Morgan fingerprint density at radius 3 is 2.56 bits per heavy atom. The van der Waals surface area contributed by atoms with Gasteiger partial charge in [-0.05, 0) is 35.4 Å². The number of aromatic nitrogens is 4. The van der Waals surface area contributed by atoms with Gasteiger partial charge in [-0.3, -0.25) is 4.79 Å². The Balaban J connectivity index is 1.69. The molecule has 5 rings (SSSR count). The Morgan fingerprint density at radius 1 is 1.03 bits per heavy atom. The number of halogens is 2. The van der Waals surface area contributed by atoms with E-state index in [2.05, 4.69) is 4.98 Å². The van der Waals surface area contributed by atoms with Gasteiger partial charge in [0.1, 0.15) is 0 Å². The predicted octanol–water partition coefficient (Wildman–Crippen LogP) is 5.21. The Morgan fingerprint density at radius 2 is 1.81 bits per heavy atom. The van der Waals surface area contributed by atoms with Crippen molar-refractivity contribution < 1.29 is 4.74 Å². The number of nitrogens with zero attached hydrogens (tertiary/aromatic N) is 4. The number of pyridine rings is 1. The third kappa shape index (κ3) is 3.56. The van der Waals surface area contributed by atoms with Crippen LogP contribution in [0, 0.1) is 0 Å². The lowest BCUT2D eigenvalue weighted by molar-refractivity contribution is 0.181. The van der Waals surface area contributed by atoms with Crippen molar-refractivity contribution >= 4 is 39.8 Å². The number of hydrogen-bond donors (Lipinski definition) is 0. The number of ether oxygens (including phenoxy) is 1. The molecule has 32 heavy (non-hydrogen) atoms. The summed E-state index contributed by atoms with van der Waals surface area (Å²) < 4.78 is 8.69. The Kier molecular flexibility index (Phi) is 5.43. The molecule has 6 nitrogen and oxygen atoms in total. The summed E-state index contributed by atoms with van der Waals surface area (Å²) in [4.78, 5) is 17.8. The smallest absolute Gasteiger partial charge is 0.261 e. The first-order valence-electron chi connectivity index (χ1n) is 9.95. The molecule has 0 fully saturated rings. The standard InChI is InChI=1S/C24H18Cl2N4O2/c1-32-14-20-22(15-6-8-17(25)9-7-15)23-27-12-18-21(30(23)28-20)10-11-29(24(18)31)13-16-4-2-3-5-19(16)26/h2-12H,13-14H2,1H3. The van der Waals surface area contributed by atoms with Crippen LogP contribution in [-0.4, -0.2) is 26.3 Å². The molecule has 3 aromatic heterocycles. The van der Waals surface area contributed by atoms with E-state index in [9.17, 15) is 4.79 Å². The van der Waals surface area contributed by atoms with Gasteiger partial charge in [0, 0.05) is 29.5 Å². The minimum absolute atomic E-state index is 0.159. The molecule has 0 aliphatic rings. The summed E-state index contributed by atoms with van der Waals surface area (Å²) in [5, 5.41) is 6.47. The molecule has 3 heterocycles.